The Labute approximate surface area is 172 Å². The molecule has 1 aromatic carbocycles. The topological polar surface area (TPSA) is 37.6 Å². The van der Waals surface area contributed by atoms with Gasteiger partial charge in [-0.1, -0.05) is 12.1 Å². The number of aryl methyl sites for hydroxylation is 2. The standard InChI is InChI=1S/C20H23N3OS3/c1-13-11-23-17(14(2)21-20(23)27-13)12-22(3)18(24)15-5-7-16(8-6-15)19-25-9-4-10-26-19/h5-8,11,19H,4,9-10,12H2,1-3H3. The van der Waals surface area contributed by atoms with Crippen LogP contribution in [0, 0.1) is 13.8 Å². The van der Waals surface area contributed by atoms with Crippen LogP contribution in [0.2, 0.25) is 0 Å². The van der Waals surface area contributed by atoms with Crippen molar-refractivity contribution in [2.75, 3.05) is 18.6 Å². The lowest BCUT2D eigenvalue weighted by Crippen LogP contribution is -2.27. The van der Waals surface area contributed by atoms with Gasteiger partial charge in [0.25, 0.3) is 5.91 Å². The van der Waals surface area contributed by atoms with Crippen molar-refractivity contribution < 1.29 is 4.79 Å². The number of nitrogens with zero attached hydrogens (tertiary/aromatic N) is 3. The highest BCUT2D eigenvalue weighted by atomic mass is 32.2. The van der Waals surface area contributed by atoms with Crippen LogP contribution in [-0.4, -0.2) is 38.7 Å². The highest BCUT2D eigenvalue weighted by molar-refractivity contribution is 8.16. The molecule has 27 heavy (non-hydrogen) atoms. The Hall–Kier alpha value is -1.44. The van der Waals surface area contributed by atoms with Gasteiger partial charge >= 0.3 is 0 Å². The van der Waals surface area contributed by atoms with Crippen LogP contribution >= 0.6 is 34.9 Å². The molecule has 0 atom stereocenters. The number of carbonyl (C=O) groups is 1. The number of amides is 1. The summed E-state index contributed by atoms with van der Waals surface area (Å²) < 4.78 is 2.62. The first-order valence-electron chi connectivity index (χ1n) is 9.05. The fraction of sp³-hybridized carbons (Fsp3) is 0.400. The second kappa shape index (κ2) is 7.89. The summed E-state index contributed by atoms with van der Waals surface area (Å²) in [7, 11) is 1.86. The average Bonchev–Trinajstić information content (AvgIpc) is 3.18. The Morgan fingerprint density at radius 3 is 2.63 bits per heavy atom. The monoisotopic (exact) mass is 417 g/mol. The molecule has 0 spiro atoms. The van der Waals surface area contributed by atoms with Crippen molar-refractivity contribution in [3.8, 4) is 0 Å². The largest absolute Gasteiger partial charge is 0.336 e. The van der Waals surface area contributed by atoms with Gasteiger partial charge in [0.1, 0.15) is 0 Å². The second-order valence-corrected chi connectivity index (χ2v) is 10.8. The molecule has 7 heteroatoms. The maximum absolute atomic E-state index is 12.9. The van der Waals surface area contributed by atoms with Crippen molar-refractivity contribution in [2.24, 2.45) is 0 Å². The molecule has 0 N–H and O–H groups in total. The molecule has 0 aliphatic carbocycles. The molecule has 2 aromatic heterocycles. The molecule has 0 saturated carbocycles. The second-order valence-electron chi connectivity index (χ2n) is 6.85. The van der Waals surface area contributed by atoms with Crippen LogP contribution in [0.3, 0.4) is 0 Å². The lowest BCUT2D eigenvalue weighted by molar-refractivity contribution is 0.0783. The number of carbonyl (C=O) groups excluding carboxylic acids is 1. The third-order valence-corrected chi connectivity index (χ3v) is 8.64. The average molecular weight is 418 g/mol. The Balaban J connectivity index is 1.49. The summed E-state index contributed by atoms with van der Waals surface area (Å²) in [5.41, 5.74) is 4.12. The summed E-state index contributed by atoms with van der Waals surface area (Å²) in [6.07, 6.45) is 3.39. The molecule has 1 saturated heterocycles. The van der Waals surface area contributed by atoms with E-state index in [-0.39, 0.29) is 5.91 Å². The third kappa shape index (κ3) is 3.91. The Morgan fingerprint density at radius 1 is 1.22 bits per heavy atom. The number of imidazole rings is 1. The summed E-state index contributed by atoms with van der Waals surface area (Å²) in [4.78, 5) is 21.5. The first kappa shape index (κ1) is 18.9. The number of thiazole rings is 1. The van der Waals surface area contributed by atoms with E-state index in [1.807, 2.05) is 49.6 Å². The molecule has 0 radical (unpaired) electrons. The van der Waals surface area contributed by atoms with Gasteiger partial charge in [-0.2, -0.15) is 0 Å². The Kier molecular flexibility index (Phi) is 5.53. The minimum atomic E-state index is 0.0480. The minimum Gasteiger partial charge on any atom is -0.336 e. The minimum absolute atomic E-state index is 0.0480. The molecule has 1 aliphatic rings. The van der Waals surface area contributed by atoms with E-state index >= 15 is 0 Å². The van der Waals surface area contributed by atoms with Crippen LogP contribution in [0.25, 0.3) is 4.96 Å². The summed E-state index contributed by atoms with van der Waals surface area (Å²) >= 11 is 5.68. The SMILES string of the molecule is Cc1cn2c(CN(C)C(=O)c3ccc(C4SCCCS4)cc3)c(C)nc2s1. The Morgan fingerprint density at radius 2 is 1.93 bits per heavy atom. The van der Waals surface area contributed by atoms with Gasteiger partial charge in [0, 0.05) is 23.7 Å². The van der Waals surface area contributed by atoms with Gasteiger partial charge in [-0.3, -0.25) is 9.20 Å². The van der Waals surface area contributed by atoms with Crippen LogP contribution < -0.4 is 0 Å². The molecule has 4 rings (SSSR count). The number of hydrogen-bond donors (Lipinski definition) is 0. The normalized spacial score (nSPS) is 15.4. The fourth-order valence-corrected chi connectivity index (χ4v) is 7.06. The van der Waals surface area contributed by atoms with Gasteiger partial charge in [0.2, 0.25) is 0 Å². The Bertz CT molecular complexity index is 955. The number of benzene rings is 1. The zero-order chi connectivity index (χ0) is 19.0. The summed E-state index contributed by atoms with van der Waals surface area (Å²) in [6, 6.07) is 8.16. The van der Waals surface area contributed by atoms with E-state index in [0.29, 0.717) is 11.1 Å². The van der Waals surface area contributed by atoms with Crippen molar-refractivity contribution in [1.82, 2.24) is 14.3 Å². The highest BCUT2D eigenvalue weighted by Gasteiger charge is 2.19. The van der Waals surface area contributed by atoms with Crippen molar-refractivity contribution in [2.45, 2.75) is 31.4 Å². The molecular formula is C20H23N3OS3. The van der Waals surface area contributed by atoms with E-state index in [4.69, 9.17) is 0 Å². The van der Waals surface area contributed by atoms with Crippen molar-refractivity contribution >= 4 is 45.7 Å². The number of thioether (sulfide) groups is 2. The molecule has 1 fully saturated rings. The van der Waals surface area contributed by atoms with E-state index in [1.54, 1.807) is 16.2 Å². The molecule has 3 heterocycles. The maximum Gasteiger partial charge on any atom is 0.253 e. The predicted molar refractivity (Wildman–Crippen MR) is 117 cm³/mol. The van der Waals surface area contributed by atoms with Crippen molar-refractivity contribution in [1.29, 1.82) is 0 Å². The zero-order valence-corrected chi connectivity index (χ0v) is 18.2. The summed E-state index contributed by atoms with van der Waals surface area (Å²) in [5.74, 6) is 2.50. The number of hydrogen-bond acceptors (Lipinski definition) is 5. The van der Waals surface area contributed by atoms with Crippen LogP contribution in [0.15, 0.2) is 30.5 Å². The van der Waals surface area contributed by atoms with Gasteiger partial charge in [-0.15, -0.1) is 34.9 Å². The van der Waals surface area contributed by atoms with Crippen LogP contribution in [0.1, 0.15) is 43.2 Å². The van der Waals surface area contributed by atoms with Gasteiger partial charge in [0.15, 0.2) is 4.96 Å². The predicted octanol–water partition coefficient (Wildman–Crippen LogP) is 5.15. The molecule has 4 nitrogen and oxygen atoms in total. The zero-order valence-electron chi connectivity index (χ0n) is 15.8. The molecule has 0 bridgehead atoms. The number of fused-ring (bicyclic) bond motifs is 1. The number of aromatic nitrogens is 2. The van der Waals surface area contributed by atoms with Gasteiger partial charge in [-0.05, 0) is 49.5 Å². The molecule has 3 aromatic rings. The van der Waals surface area contributed by atoms with Gasteiger partial charge < -0.3 is 4.90 Å². The van der Waals surface area contributed by atoms with E-state index in [1.165, 1.54) is 28.4 Å². The fourth-order valence-electron chi connectivity index (χ4n) is 3.28. The van der Waals surface area contributed by atoms with Crippen molar-refractivity contribution in [3.63, 3.8) is 0 Å². The first-order chi connectivity index (χ1) is 13.0. The molecule has 0 unspecified atom stereocenters. The number of rotatable bonds is 4. The highest BCUT2D eigenvalue weighted by Crippen LogP contribution is 2.43. The lowest BCUT2D eigenvalue weighted by Gasteiger charge is -2.22. The lowest BCUT2D eigenvalue weighted by atomic mass is 10.1. The van der Waals surface area contributed by atoms with E-state index < -0.39 is 0 Å². The molecule has 1 aliphatic heterocycles. The summed E-state index contributed by atoms with van der Waals surface area (Å²) in [6.45, 7) is 4.65. The molecule has 142 valence electrons. The van der Waals surface area contributed by atoms with Gasteiger partial charge in [0.05, 0.1) is 22.5 Å². The van der Waals surface area contributed by atoms with Crippen LogP contribution in [-0.2, 0) is 6.54 Å². The van der Waals surface area contributed by atoms with E-state index in [2.05, 4.69) is 34.6 Å². The van der Waals surface area contributed by atoms with Gasteiger partial charge in [-0.25, -0.2) is 4.98 Å². The maximum atomic E-state index is 12.9. The van der Waals surface area contributed by atoms with Crippen LogP contribution in [0.4, 0.5) is 0 Å². The van der Waals surface area contributed by atoms with Crippen LogP contribution in [0.5, 0.6) is 0 Å². The quantitative estimate of drug-likeness (QED) is 0.588. The molecule has 1 amide bonds. The molecular weight excluding hydrogens is 394 g/mol. The van der Waals surface area contributed by atoms with E-state index in [9.17, 15) is 4.79 Å². The summed E-state index contributed by atoms with van der Waals surface area (Å²) in [5, 5.41) is 0. The third-order valence-electron chi connectivity index (χ3n) is 4.73. The van der Waals surface area contributed by atoms with Crippen molar-refractivity contribution in [3.05, 3.63) is 57.9 Å². The smallest absolute Gasteiger partial charge is 0.253 e. The first-order valence-corrected chi connectivity index (χ1v) is 12.0. The van der Waals surface area contributed by atoms with E-state index in [0.717, 1.165) is 21.9 Å².